The van der Waals surface area contributed by atoms with E-state index < -0.39 is 96.5 Å². The first-order valence-corrected chi connectivity index (χ1v) is 11.1. The Morgan fingerprint density at radius 3 is 1.14 bits per heavy atom. The number of alkyl halides is 20. The van der Waals surface area contributed by atoms with Gasteiger partial charge in [-0.15, -0.1) is 0 Å². The lowest BCUT2D eigenvalue weighted by molar-refractivity contribution is -0.502. The maximum Gasteiger partial charge on any atom is 0.455 e. The minimum atomic E-state index is -6.63. The normalized spacial score (nSPS) is 41.1. The van der Waals surface area contributed by atoms with E-state index in [2.05, 4.69) is 9.47 Å². The van der Waals surface area contributed by atoms with Gasteiger partial charge >= 0.3 is 47.8 Å². The van der Waals surface area contributed by atoms with E-state index in [0.29, 0.717) is 13.8 Å². The van der Waals surface area contributed by atoms with Crippen LogP contribution in [0.5, 0.6) is 0 Å². The predicted molar refractivity (Wildman–Crippen MR) is 98.3 cm³/mol. The van der Waals surface area contributed by atoms with E-state index in [0.717, 1.165) is 0 Å². The van der Waals surface area contributed by atoms with Crippen LogP contribution in [-0.2, 0) is 9.47 Å². The number of hydrogen-bond donors (Lipinski definition) is 0. The second-order valence-corrected chi connectivity index (χ2v) is 9.77. The number of rotatable bonds is 4. The smallest absolute Gasteiger partial charge is 0.291 e. The van der Waals surface area contributed by atoms with Gasteiger partial charge in [0, 0.05) is 13.8 Å². The van der Waals surface area contributed by atoms with Crippen molar-refractivity contribution in [2.45, 2.75) is 124 Å². The van der Waals surface area contributed by atoms with Crippen LogP contribution >= 0.6 is 0 Å². The molecule has 6 atom stereocenters. The lowest BCUT2D eigenvalue weighted by Gasteiger charge is -2.52. The van der Waals surface area contributed by atoms with Gasteiger partial charge in [0.25, 0.3) is 11.7 Å². The third kappa shape index (κ3) is 5.37. The van der Waals surface area contributed by atoms with Crippen molar-refractivity contribution in [1.29, 1.82) is 0 Å². The van der Waals surface area contributed by atoms with Crippen LogP contribution in [0.2, 0.25) is 0 Å². The highest BCUT2D eigenvalue weighted by Crippen LogP contribution is 2.65. The van der Waals surface area contributed by atoms with E-state index in [4.69, 9.17) is 0 Å². The van der Waals surface area contributed by atoms with Crippen molar-refractivity contribution in [1.82, 2.24) is 0 Å². The van der Waals surface area contributed by atoms with Crippen molar-refractivity contribution < 1.29 is 97.3 Å². The minimum Gasteiger partial charge on any atom is -0.291 e. The predicted octanol–water partition coefficient (Wildman–Crippen LogP) is 9.42. The van der Waals surface area contributed by atoms with Crippen LogP contribution < -0.4 is 0 Å². The van der Waals surface area contributed by atoms with Crippen LogP contribution in [0, 0.1) is 0 Å². The molecular formula is C20H20F20O2. The largest absolute Gasteiger partial charge is 0.455 e. The second-order valence-electron chi connectivity index (χ2n) is 9.77. The second kappa shape index (κ2) is 10.0. The molecule has 2 aliphatic heterocycles. The zero-order chi connectivity index (χ0) is 34.2. The number of hydrogen-bond acceptors (Lipinski definition) is 2. The molecule has 2 saturated heterocycles. The summed E-state index contributed by atoms with van der Waals surface area (Å²) in [5.41, 5.74) is -15.1. The molecule has 42 heavy (non-hydrogen) atoms. The Labute approximate surface area is 222 Å². The molecule has 2 rings (SSSR count). The van der Waals surface area contributed by atoms with Crippen molar-refractivity contribution in [3.8, 4) is 0 Å². The molecule has 0 spiro atoms. The average Bonchev–Trinajstić information content (AvgIpc) is 2.73. The van der Waals surface area contributed by atoms with E-state index in [9.17, 15) is 87.8 Å². The lowest BCUT2D eigenvalue weighted by Crippen LogP contribution is -2.76. The zero-order valence-electron chi connectivity index (χ0n) is 21.2. The monoisotopic (exact) mass is 672 g/mol. The molecule has 0 amide bonds. The van der Waals surface area contributed by atoms with Crippen LogP contribution in [0.15, 0.2) is 0 Å². The molecule has 2 heterocycles. The SMILES string of the molecule is CCC1(F)CC(F)(C(C)(F)F)OC(F)(C(F)(F)F)C1(F)F.CCC1(F)CC(F)(C(C)(F)F)OC(F)(F)C1(F)C(F)(F)F. The van der Waals surface area contributed by atoms with Crippen LogP contribution in [0.1, 0.15) is 53.4 Å². The van der Waals surface area contributed by atoms with Gasteiger partial charge in [-0.1, -0.05) is 13.8 Å². The summed E-state index contributed by atoms with van der Waals surface area (Å²) < 4.78 is 270. The van der Waals surface area contributed by atoms with Crippen molar-refractivity contribution >= 4 is 0 Å². The van der Waals surface area contributed by atoms with Gasteiger partial charge in [0.05, 0.1) is 12.8 Å². The average molecular weight is 672 g/mol. The molecule has 6 unspecified atom stereocenters. The molecule has 0 aromatic rings. The Bertz CT molecular complexity index is 984. The van der Waals surface area contributed by atoms with Gasteiger partial charge in [-0.25, -0.2) is 39.5 Å². The van der Waals surface area contributed by atoms with Gasteiger partial charge in [0.2, 0.25) is 0 Å². The highest BCUT2D eigenvalue weighted by Gasteiger charge is 2.89. The van der Waals surface area contributed by atoms with Crippen LogP contribution in [0.3, 0.4) is 0 Å². The molecule has 0 aliphatic carbocycles. The van der Waals surface area contributed by atoms with Crippen molar-refractivity contribution in [2.24, 2.45) is 0 Å². The first-order valence-electron chi connectivity index (χ1n) is 11.1. The third-order valence-electron chi connectivity index (χ3n) is 6.78. The van der Waals surface area contributed by atoms with Crippen LogP contribution in [0.25, 0.3) is 0 Å². The molecule has 0 aromatic carbocycles. The van der Waals surface area contributed by atoms with Gasteiger partial charge in [-0.3, -0.25) is 9.47 Å². The fraction of sp³-hybridized carbons (Fsp3) is 1.00. The molecule has 22 heteroatoms. The Hall–Kier alpha value is -1.48. The molecular weight excluding hydrogens is 652 g/mol. The molecule has 2 nitrogen and oxygen atoms in total. The van der Waals surface area contributed by atoms with E-state index >= 15 is 0 Å². The van der Waals surface area contributed by atoms with Gasteiger partial charge in [0.1, 0.15) is 0 Å². The minimum absolute atomic E-state index is 0.294. The van der Waals surface area contributed by atoms with Crippen molar-refractivity contribution in [3.05, 3.63) is 0 Å². The third-order valence-corrected chi connectivity index (χ3v) is 6.78. The molecule has 0 N–H and O–H groups in total. The summed E-state index contributed by atoms with van der Waals surface area (Å²) in [6, 6.07) is 0. The van der Waals surface area contributed by atoms with Gasteiger partial charge in [-0.05, 0) is 12.8 Å². The number of ether oxygens (including phenoxy) is 2. The van der Waals surface area contributed by atoms with Crippen molar-refractivity contribution in [2.75, 3.05) is 0 Å². The van der Waals surface area contributed by atoms with Gasteiger partial charge in [-0.2, -0.15) is 48.3 Å². The topological polar surface area (TPSA) is 18.5 Å². The number of halogens is 20. The standard InChI is InChI=1S/2C10H10F10O/c1-3-6(13)4-7(14,5(2,11)12)21-9(17,8(6,15)16)10(18,19)20;1-3-6(13)4-7(14,5(2,11)12)21-10(19,20)8(6,15)9(16,17)18/h2*3-4H2,1-2H3. The van der Waals surface area contributed by atoms with E-state index in [1.165, 1.54) is 0 Å². The summed E-state index contributed by atoms with van der Waals surface area (Å²) in [5.74, 6) is -31.4. The Balaban J connectivity index is 0.000000420. The lowest BCUT2D eigenvalue weighted by atomic mass is 9.74. The fourth-order valence-electron chi connectivity index (χ4n) is 4.00. The molecule has 252 valence electrons. The maximum absolute atomic E-state index is 14.1. The Morgan fingerprint density at radius 1 is 0.524 bits per heavy atom. The quantitative estimate of drug-likeness (QED) is 0.277. The van der Waals surface area contributed by atoms with Crippen molar-refractivity contribution in [3.63, 3.8) is 0 Å². The van der Waals surface area contributed by atoms with Crippen LogP contribution in [0.4, 0.5) is 87.8 Å². The molecule has 0 aromatic heterocycles. The van der Waals surface area contributed by atoms with E-state index in [1.54, 1.807) is 0 Å². The zero-order valence-corrected chi connectivity index (χ0v) is 21.2. The Kier molecular flexibility index (Phi) is 9.19. The van der Waals surface area contributed by atoms with Crippen LogP contribution in [-0.4, -0.2) is 70.8 Å². The fourth-order valence-corrected chi connectivity index (χ4v) is 4.00. The highest BCUT2D eigenvalue weighted by atomic mass is 19.4. The molecule has 0 saturated carbocycles. The summed E-state index contributed by atoms with van der Waals surface area (Å²) in [4.78, 5) is 0. The summed E-state index contributed by atoms with van der Waals surface area (Å²) in [7, 11) is 0. The molecule has 2 fully saturated rings. The van der Waals surface area contributed by atoms with E-state index in [1.807, 2.05) is 0 Å². The Morgan fingerprint density at radius 2 is 0.857 bits per heavy atom. The summed E-state index contributed by atoms with van der Waals surface area (Å²) >= 11 is 0. The van der Waals surface area contributed by atoms with Gasteiger partial charge in [0.15, 0.2) is 11.3 Å². The summed E-state index contributed by atoms with van der Waals surface area (Å²) in [5, 5.41) is 0. The van der Waals surface area contributed by atoms with Gasteiger partial charge < -0.3 is 0 Å². The van der Waals surface area contributed by atoms with E-state index in [-0.39, 0.29) is 13.8 Å². The maximum atomic E-state index is 14.1. The summed E-state index contributed by atoms with van der Waals surface area (Å²) in [6.45, 7) is 0.418. The summed E-state index contributed by atoms with van der Waals surface area (Å²) in [6.07, 6.45) is -27.5. The first-order chi connectivity index (χ1) is 17.9. The highest BCUT2D eigenvalue weighted by molar-refractivity contribution is 5.16. The molecule has 0 bridgehead atoms. The molecule has 0 radical (unpaired) electrons. The first kappa shape index (κ1) is 38.5. The molecule has 2 aliphatic rings.